The smallest absolute Gasteiger partial charge is 0.317 e. The average molecular weight is 253 g/mol. The lowest BCUT2D eigenvalue weighted by Gasteiger charge is -2.39. The molecule has 4 heteroatoms. The number of hydrogen-bond donors (Lipinski definition) is 2. The van der Waals surface area contributed by atoms with Crippen molar-refractivity contribution in [2.45, 2.75) is 58.0 Å². The van der Waals surface area contributed by atoms with Gasteiger partial charge in [0.1, 0.15) is 0 Å². The van der Waals surface area contributed by atoms with Crippen LogP contribution in [0.3, 0.4) is 0 Å². The van der Waals surface area contributed by atoms with Crippen molar-refractivity contribution < 1.29 is 4.79 Å². The molecule has 1 saturated heterocycles. The van der Waals surface area contributed by atoms with Crippen LogP contribution in [0.4, 0.5) is 4.79 Å². The highest BCUT2D eigenvalue weighted by molar-refractivity contribution is 5.75. The van der Waals surface area contributed by atoms with Crippen LogP contribution in [0.5, 0.6) is 0 Å². The quantitative estimate of drug-likeness (QED) is 0.790. The topological polar surface area (TPSA) is 44.4 Å². The fourth-order valence-corrected chi connectivity index (χ4v) is 3.08. The van der Waals surface area contributed by atoms with E-state index < -0.39 is 0 Å². The van der Waals surface area contributed by atoms with Crippen LogP contribution in [-0.4, -0.2) is 42.6 Å². The highest BCUT2D eigenvalue weighted by Crippen LogP contribution is 2.19. The van der Waals surface area contributed by atoms with Crippen molar-refractivity contribution >= 4 is 6.03 Å². The third-order valence-corrected chi connectivity index (χ3v) is 4.25. The van der Waals surface area contributed by atoms with Crippen LogP contribution in [0.25, 0.3) is 0 Å². The zero-order valence-electron chi connectivity index (χ0n) is 11.7. The van der Waals surface area contributed by atoms with Gasteiger partial charge in [-0.05, 0) is 18.8 Å². The first-order valence-corrected chi connectivity index (χ1v) is 7.46. The van der Waals surface area contributed by atoms with Gasteiger partial charge < -0.3 is 15.5 Å². The third-order valence-electron chi connectivity index (χ3n) is 4.25. The van der Waals surface area contributed by atoms with Gasteiger partial charge in [0, 0.05) is 31.7 Å². The summed E-state index contributed by atoms with van der Waals surface area (Å²) in [5.41, 5.74) is 0. The monoisotopic (exact) mass is 253 g/mol. The molecule has 1 saturated carbocycles. The summed E-state index contributed by atoms with van der Waals surface area (Å²) in [7, 11) is 0. The molecule has 18 heavy (non-hydrogen) atoms. The van der Waals surface area contributed by atoms with Gasteiger partial charge in [0.25, 0.3) is 0 Å². The van der Waals surface area contributed by atoms with Gasteiger partial charge >= 0.3 is 6.03 Å². The van der Waals surface area contributed by atoms with Crippen molar-refractivity contribution in [1.29, 1.82) is 0 Å². The van der Waals surface area contributed by atoms with E-state index in [1.54, 1.807) is 0 Å². The van der Waals surface area contributed by atoms with Crippen molar-refractivity contribution in [2.24, 2.45) is 5.92 Å². The van der Waals surface area contributed by atoms with E-state index in [4.69, 9.17) is 0 Å². The molecule has 0 aromatic heterocycles. The summed E-state index contributed by atoms with van der Waals surface area (Å²) >= 11 is 0. The van der Waals surface area contributed by atoms with Gasteiger partial charge in [0.2, 0.25) is 0 Å². The second kappa shape index (κ2) is 6.41. The highest BCUT2D eigenvalue weighted by Gasteiger charge is 2.29. The third kappa shape index (κ3) is 3.37. The maximum absolute atomic E-state index is 12.4. The predicted octanol–water partition coefficient (Wildman–Crippen LogP) is 1.96. The molecule has 0 aromatic rings. The normalized spacial score (nSPS) is 26.4. The summed E-state index contributed by atoms with van der Waals surface area (Å²) < 4.78 is 0. The molecule has 0 radical (unpaired) electrons. The summed E-state index contributed by atoms with van der Waals surface area (Å²) in [6.45, 7) is 7.07. The molecule has 2 aliphatic rings. The Morgan fingerprint density at radius 2 is 2.00 bits per heavy atom. The number of hydrogen-bond acceptors (Lipinski definition) is 2. The van der Waals surface area contributed by atoms with Gasteiger partial charge in [0.05, 0.1) is 0 Å². The van der Waals surface area contributed by atoms with Crippen molar-refractivity contribution in [3.8, 4) is 0 Å². The molecule has 1 heterocycles. The van der Waals surface area contributed by atoms with Gasteiger partial charge in [-0.1, -0.05) is 33.1 Å². The molecule has 2 amide bonds. The number of nitrogens with one attached hydrogen (secondary N) is 2. The predicted molar refractivity (Wildman–Crippen MR) is 73.6 cm³/mol. The van der Waals surface area contributed by atoms with Crippen LogP contribution in [0.15, 0.2) is 0 Å². The molecule has 1 aliphatic carbocycles. The first-order chi connectivity index (χ1) is 8.68. The second-order valence-electron chi connectivity index (χ2n) is 5.99. The Morgan fingerprint density at radius 1 is 1.28 bits per heavy atom. The van der Waals surface area contributed by atoms with E-state index in [1.807, 2.05) is 4.90 Å². The molecule has 0 spiro atoms. The fraction of sp³-hybridized carbons (Fsp3) is 0.929. The molecule has 1 unspecified atom stereocenters. The van der Waals surface area contributed by atoms with E-state index in [1.165, 1.54) is 19.3 Å². The molecular weight excluding hydrogens is 226 g/mol. The number of piperazine rings is 1. The first-order valence-electron chi connectivity index (χ1n) is 7.46. The molecule has 4 nitrogen and oxygen atoms in total. The Morgan fingerprint density at radius 3 is 2.67 bits per heavy atom. The van der Waals surface area contributed by atoms with Crippen molar-refractivity contribution in [1.82, 2.24) is 15.5 Å². The molecule has 1 aliphatic heterocycles. The van der Waals surface area contributed by atoms with E-state index in [9.17, 15) is 4.79 Å². The van der Waals surface area contributed by atoms with Gasteiger partial charge in [-0.3, -0.25) is 0 Å². The summed E-state index contributed by atoms with van der Waals surface area (Å²) in [5, 5.41) is 6.62. The number of carbonyl (C=O) groups excluding carboxylic acids is 1. The number of rotatable bonds is 2. The lowest BCUT2D eigenvalue weighted by Crippen LogP contribution is -2.59. The largest absolute Gasteiger partial charge is 0.335 e. The summed E-state index contributed by atoms with van der Waals surface area (Å²) in [6, 6.07) is 0.901. The summed E-state index contributed by atoms with van der Waals surface area (Å²) in [4.78, 5) is 14.4. The average Bonchev–Trinajstić information content (AvgIpc) is 2.40. The second-order valence-corrected chi connectivity index (χ2v) is 5.99. The lowest BCUT2D eigenvalue weighted by atomic mass is 9.95. The Hall–Kier alpha value is -0.770. The maximum atomic E-state index is 12.4. The number of nitrogens with zero attached hydrogens (tertiary/aromatic N) is 1. The SMILES string of the molecule is CC(C)C1CNCCN1C(=O)NC1CCCCC1. The molecule has 2 fully saturated rings. The van der Waals surface area contributed by atoms with E-state index >= 15 is 0 Å². The van der Waals surface area contributed by atoms with Crippen LogP contribution in [0.1, 0.15) is 46.0 Å². The molecular formula is C14H27N3O. The number of amides is 2. The minimum atomic E-state index is 0.155. The fourth-order valence-electron chi connectivity index (χ4n) is 3.08. The van der Waals surface area contributed by atoms with Crippen LogP contribution in [0, 0.1) is 5.92 Å². The Labute approximate surface area is 110 Å². The maximum Gasteiger partial charge on any atom is 0.317 e. The Balaban J connectivity index is 1.89. The van der Waals surface area contributed by atoms with Crippen LogP contribution < -0.4 is 10.6 Å². The summed E-state index contributed by atoms with van der Waals surface area (Å²) in [6.07, 6.45) is 6.17. The lowest BCUT2D eigenvalue weighted by molar-refractivity contribution is 0.131. The molecule has 1 atom stereocenters. The van der Waals surface area contributed by atoms with Crippen molar-refractivity contribution in [2.75, 3.05) is 19.6 Å². The van der Waals surface area contributed by atoms with Crippen molar-refractivity contribution in [3.63, 3.8) is 0 Å². The van der Waals surface area contributed by atoms with Crippen LogP contribution in [-0.2, 0) is 0 Å². The zero-order valence-corrected chi connectivity index (χ0v) is 11.7. The van der Waals surface area contributed by atoms with Gasteiger partial charge in [-0.15, -0.1) is 0 Å². The summed E-state index contributed by atoms with van der Waals surface area (Å²) in [5.74, 6) is 0.509. The van der Waals surface area contributed by atoms with E-state index in [0.29, 0.717) is 18.0 Å². The van der Waals surface area contributed by atoms with Crippen molar-refractivity contribution in [3.05, 3.63) is 0 Å². The molecule has 104 valence electrons. The minimum absolute atomic E-state index is 0.155. The number of urea groups is 1. The van der Waals surface area contributed by atoms with Crippen LogP contribution in [0.2, 0.25) is 0 Å². The zero-order chi connectivity index (χ0) is 13.0. The van der Waals surface area contributed by atoms with E-state index in [0.717, 1.165) is 32.5 Å². The molecule has 0 aromatic carbocycles. The standard InChI is InChI=1S/C14H27N3O/c1-11(2)13-10-15-8-9-17(13)14(18)16-12-6-4-3-5-7-12/h11-13,15H,3-10H2,1-2H3,(H,16,18). The Kier molecular flexibility index (Phi) is 4.87. The van der Waals surface area contributed by atoms with Gasteiger partial charge in [0.15, 0.2) is 0 Å². The molecule has 0 bridgehead atoms. The number of carbonyl (C=O) groups is 1. The molecule has 2 rings (SSSR count). The van der Waals surface area contributed by atoms with E-state index in [-0.39, 0.29) is 6.03 Å². The molecule has 2 N–H and O–H groups in total. The highest BCUT2D eigenvalue weighted by atomic mass is 16.2. The Bertz CT molecular complexity index is 274. The minimum Gasteiger partial charge on any atom is -0.335 e. The van der Waals surface area contributed by atoms with Gasteiger partial charge in [-0.25, -0.2) is 4.79 Å². The first kappa shape index (κ1) is 13.7. The van der Waals surface area contributed by atoms with Crippen LogP contribution >= 0.6 is 0 Å². The van der Waals surface area contributed by atoms with E-state index in [2.05, 4.69) is 24.5 Å². The van der Waals surface area contributed by atoms with Gasteiger partial charge in [-0.2, -0.15) is 0 Å².